The number of hydrogen-bond acceptors (Lipinski definition) is 2. The monoisotopic (exact) mass is 193 g/mol. The number of nitrogens with zero attached hydrogens (tertiary/aromatic N) is 3. The molecule has 0 unspecified atom stereocenters. The lowest BCUT2D eigenvalue weighted by atomic mass is 10.4. The molecule has 14 heavy (non-hydrogen) atoms. The standard InChI is InChI=1S/C10H15N3O/c1-7-11-12(6-8-2-3-8)10(14)13(7)9-4-5-9/h8-9H,2-6H2,1H3. The van der Waals surface area contributed by atoms with Crippen LogP contribution in [0.4, 0.5) is 0 Å². The highest BCUT2D eigenvalue weighted by atomic mass is 16.2. The summed E-state index contributed by atoms with van der Waals surface area (Å²) in [7, 11) is 0. The number of aryl methyl sites for hydroxylation is 1. The average Bonchev–Trinajstić information content (AvgIpc) is 2.96. The van der Waals surface area contributed by atoms with Crippen LogP contribution in [0.3, 0.4) is 0 Å². The van der Waals surface area contributed by atoms with E-state index in [9.17, 15) is 4.79 Å². The predicted octanol–water partition coefficient (Wildman–Crippen LogP) is 1.10. The Morgan fingerprint density at radius 3 is 2.64 bits per heavy atom. The molecule has 0 radical (unpaired) electrons. The minimum atomic E-state index is 0.108. The Morgan fingerprint density at radius 1 is 1.36 bits per heavy atom. The second-order valence-corrected chi connectivity index (χ2v) is 4.56. The lowest BCUT2D eigenvalue weighted by Crippen LogP contribution is -2.25. The van der Waals surface area contributed by atoms with Crippen LogP contribution in [0.2, 0.25) is 0 Å². The molecule has 2 fully saturated rings. The molecule has 2 aliphatic rings. The Balaban J connectivity index is 1.95. The molecule has 0 spiro atoms. The van der Waals surface area contributed by atoms with Crippen LogP contribution < -0.4 is 5.69 Å². The first kappa shape index (κ1) is 8.26. The molecule has 2 aliphatic carbocycles. The first-order valence-corrected chi connectivity index (χ1v) is 5.41. The van der Waals surface area contributed by atoms with Gasteiger partial charge in [0.2, 0.25) is 0 Å². The van der Waals surface area contributed by atoms with Crippen molar-refractivity contribution in [2.75, 3.05) is 0 Å². The average molecular weight is 193 g/mol. The predicted molar refractivity (Wildman–Crippen MR) is 52.2 cm³/mol. The molecule has 0 saturated heterocycles. The smallest absolute Gasteiger partial charge is 0.276 e. The molecule has 2 saturated carbocycles. The van der Waals surface area contributed by atoms with Gasteiger partial charge in [-0.3, -0.25) is 4.57 Å². The molecule has 4 nitrogen and oxygen atoms in total. The van der Waals surface area contributed by atoms with Gasteiger partial charge >= 0.3 is 5.69 Å². The van der Waals surface area contributed by atoms with Gasteiger partial charge in [-0.25, -0.2) is 9.48 Å². The zero-order valence-electron chi connectivity index (χ0n) is 8.44. The van der Waals surface area contributed by atoms with Gasteiger partial charge in [0, 0.05) is 12.6 Å². The number of rotatable bonds is 3. The first-order chi connectivity index (χ1) is 6.75. The summed E-state index contributed by atoms with van der Waals surface area (Å²) in [4.78, 5) is 11.9. The van der Waals surface area contributed by atoms with E-state index in [1.165, 1.54) is 12.8 Å². The third-order valence-electron chi connectivity index (χ3n) is 3.08. The lowest BCUT2D eigenvalue weighted by Gasteiger charge is -1.96. The van der Waals surface area contributed by atoms with E-state index < -0.39 is 0 Å². The van der Waals surface area contributed by atoms with Gasteiger partial charge in [-0.1, -0.05) is 0 Å². The lowest BCUT2D eigenvalue weighted by molar-refractivity contribution is 0.533. The molecule has 0 amide bonds. The fourth-order valence-electron chi connectivity index (χ4n) is 1.95. The number of hydrogen-bond donors (Lipinski definition) is 0. The highest BCUT2D eigenvalue weighted by molar-refractivity contribution is 4.94. The Kier molecular flexibility index (Phi) is 1.60. The van der Waals surface area contributed by atoms with Crippen molar-refractivity contribution in [1.82, 2.24) is 14.3 Å². The highest BCUT2D eigenvalue weighted by Crippen LogP contribution is 2.34. The molecule has 0 atom stereocenters. The number of aromatic nitrogens is 3. The molecular formula is C10H15N3O. The Bertz CT molecular complexity index is 409. The minimum Gasteiger partial charge on any atom is -0.276 e. The molecule has 0 N–H and O–H groups in total. The molecular weight excluding hydrogens is 178 g/mol. The van der Waals surface area contributed by atoms with Crippen LogP contribution >= 0.6 is 0 Å². The molecule has 1 aromatic rings. The van der Waals surface area contributed by atoms with E-state index in [4.69, 9.17) is 0 Å². The van der Waals surface area contributed by atoms with Gasteiger partial charge in [-0.2, -0.15) is 5.10 Å². The summed E-state index contributed by atoms with van der Waals surface area (Å²) in [5.74, 6) is 1.60. The SMILES string of the molecule is Cc1nn(CC2CC2)c(=O)n1C1CC1. The van der Waals surface area contributed by atoms with E-state index in [0.717, 1.165) is 31.1 Å². The maximum absolute atomic E-state index is 11.9. The van der Waals surface area contributed by atoms with Crippen LogP contribution in [0.5, 0.6) is 0 Å². The second-order valence-electron chi connectivity index (χ2n) is 4.56. The van der Waals surface area contributed by atoms with Crippen LogP contribution in [0.1, 0.15) is 37.5 Å². The van der Waals surface area contributed by atoms with Gasteiger partial charge in [0.15, 0.2) is 0 Å². The van der Waals surface area contributed by atoms with Gasteiger partial charge in [0.05, 0.1) is 0 Å². The summed E-state index contributed by atoms with van der Waals surface area (Å²) in [6.07, 6.45) is 4.83. The molecule has 1 heterocycles. The fraction of sp³-hybridized carbons (Fsp3) is 0.800. The van der Waals surface area contributed by atoms with E-state index in [0.29, 0.717) is 6.04 Å². The normalized spacial score (nSPS) is 21.5. The molecule has 3 rings (SSSR count). The van der Waals surface area contributed by atoms with Crippen LogP contribution in [0.25, 0.3) is 0 Å². The first-order valence-electron chi connectivity index (χ1n) is 5.41. The summed E-state index contributed by atoms with van der Waals surface area (Å²) >= 11 is 0. The van der Waals surface area contributed by atoms with Crippen molar-refractivity contribution >= 4 is 0 Å². The minimum absolute atomic E-state index is 0.108. The van der Waals surface area contributed by atoms with Crippen molar-refractivity contribution < 1.29 is 0 Å². The molecule has 4 heteroatoms. The van der Waals surface area contributed by atoms with Crippen molar-refractivity contribution in [3.8, 4) is 0 Å². The van der Waals surface area contributed by atoms with Crippen LogP contribution in [-0.2, 0) is 6.54 Å². The quantitative estimate of drug-likeness (QED) is 0.721. The van der Waals surface area contributed by atoms with Crippen LogP contribution in [-0.4, -0.2) is 14.3 Å². The Morgan fingerprint density at radius 2 is 2.07 bits per heavy atom. The van der Waals surface area contributed by atoms with Crippen molar-refractivity contribution in [3.63, 3.8) is 0 Å². The largest absolute Gasteiger partial charge is 0.346 e. The Labute approximate surface area is 82.5 Å². The zero-order chi connectivity index (χ0) is 9.71. The van der Waals surface area contributed by atoms with Crippen molar-refractivity contribution in [3.05, 3.63) is 16.3 Å². The fourth-order valence-corrected chi connectivity index (χ4v) is 1.95. The zero-order valence-corrected chi connectivity index (χ0v) is 8.44. The van der Waals surface area contributed by atoms with E-state index >= 15 is 0 Å². The van der Waals surface area contributed by atoms with Crippen molar-refractivity contribution in [1.29, 1.82) is 0 Å². The maximum Gasteiger partial charge on any atom is 0.346 e. The Hall–Kier alpha value is -1.06. The summed E-state index contributed by atoms with van der Waals surface area (Å²) < 4.78 is 3.52. The summed E-state index contributed by atoms with van der Waals surface area (Å²) in [6, 6.07) is 0.454. The second kappa shape index (κ2) is 2.72. The van der Waals surface area contributed by atoms with Crippen LogP contribution in [0.15, 0.2) is 4.79 Å². The van der Waals surface area contributed by atoms with Gasteiger partial charge in [-0.05, 0) is 38.5 Å². The van der Waals surface area contributed by atoms with Gasteiger partial charge in [-0.15, -0.1) is 0 Å². The van der Waals surface area contributed by atoms with Gasteiger partial charge in [0.25, 0.3) is 0 Å². The van der Waals surface area contributed by atoms with Crippen molar-refractivity contribution in [2.45, 2.75) is 45.2 Å². The third kappa shape index (κ3) is 1.29. The topological polar surface area (TPSA) is 39.8 Å². The van der Waals surface area contributed by atoms with E-state index in [-0.39, 0.29) is 5.69 Å². The van der Waals surface area contributed by atoms with E-state index in [2.05, 4.69) is 5.10 Å². The molecule has 0 aromatic carbocycles. The van der Waals surface area contributed by atoms with E-state index in [1.807, 2.05) is 11.5 Å². The van der Waals surface area contributed by atoms with Gasteiger partial charge < -0.3 is 0 Å². The highest BCUT2D eigenvalue weighted by Gasteiger charge is 2.30. The summed E-state index contributed by atoms with van der Waals surface area (Å²) in [6.45, 7) is 2.77. The van der Waals surface area contributed by atoms with E-state index in [1.54, 1.807) is 4.68 Å². The molecule has 76 valence electrons. The maximum atomic E-state index is 11.9. The third-order valence-corrected chi connectivity index (χ3v) is 3.08. The molecule has 1 aromatic heterocycles. The summed E-state index contributed by atoms with van der Waals surface area (Å²) in [5.41, 5.74) is 0.108. The van der Waals surface area contributed by atoms with Crippen LogP contribution in [0, 0.1) is 12.8 Å². The van der Waals surface area contributed by atoms with Crippen molar-refractivity contribution in [2.24, 2.45) is 5.92 Å². The summed E-state index contributed by atoms with van der Waals surface area (Å²) in [5, 5.41) is 4.32. The van der Waals surface area contributed by atoms with Gasteiger partial charge in [0.1, 0.15) is 5.82 Å². The molecule has 0 aliphatic heterocycles. The molecule has 0 bridgehead atoms.